The molecule has 0 bridgehead atoms. The summed E-state index contributed by atoms with van der Waals surface area (Å²) in [5.41, 5.74) is -0.00662. The second kappa shape index (κ2) is 15.5. The molecule has 1 aromatic carbocycles. The molecule has 0 aliphatic carbocycles. The van der Waals surface area contributed by atoms with Crippen LogP contribution in [0.4, 0.5) is 0 Å². The Hall–Kier alpha value is -1.73. The van der Waals surface area contributed by atoms with Crippen LogP contribution in [0.3, 0.4) is 0 Å². The Morgan fingerprint density at radius 2 is 1.83 bits per heavy atom. The van der Waals surface area contributed by atoms with E-state index in [1.165, 1.54) is 12.8 Å². The summed E-state index contributed by atoms with van der Waals surface area (Å²) in [5.74, 6) is 2.27. The van der Waals surface area contributed by atoms with Crippen LogP contribution >= 0.6 is 11.8 Å². The number of ether oxygens (including phenoxy) is 3. The second-order valence-corrected chi connectivity index (χ2v) is 12.0. The van der Waals surface area contributed by atoms with Crippen LogP contribution in [-0.4, -0.2) is 48.7 Å². The van der Waals surface area contributed by atoms with Gasteiger partial charge >= 0.3 is 11.9 Å². The number of carbonyl (C=O) groups excluding carboxylic acids is 2. The molecule has 0 aromatic heterocycles. The lowest BCUT2D eigenvalue weighted by molar-refractivity contribution is -0.170. The molecular formula is C29H47NO5S. The molecule has 0 radical (unpaired) electrons. The predicted octanol–water partition coefficient (Wildman–Crippen LogP) is 6.16. The van der Waals surface area contributed by atoms with E-state index in [0.29, 0.717) is 6.61 Å². The van der Waals surface area contributed by atoms with Crippen LogP contribution in [0, 0.1) is 11.3 Å². The number of rotatable bonds is 15. The molecule has 0 amide bonds. The number of esters is 2. The molecule has 1 heterocycles. The SMILES string of the molecule is CCCCSCC(C)C(=O)OCc1ccccc1OCCCCC1(C(=O)OC(C)(C)C)CCNCC1. The first-order chi connectivity index (χ1) is 17.2. The molecule has 0 saturated carbocycles. The maximum absolute atomic E-state index is 13.0. The quantitative estimate of drug-likeness (QED) is 0.219. The Balaban J connectivity index is 1.79. The molecule has 1 saturated heterocycles. The zero-order valence-corrected chi connectivity index (χ0v) is 23.8. The Bertz CT molecular complexity index is 801. The van der Waals surface area contributed by atoms with E-state index < -0.39 is 11.0 Å². The topological polar surface area (TPSA) is 73.9 Å². The fourth-order valence-corrected chi connectivity index (χ4v) is 5.37. The average molecular weight is 522 g/mol. The van der Waals surface area contributed by atoms with Gasteiger partial charge in [0, 0.05) is 11.3 Å². The Labute approximate surface area is 222 Å². The fraction of sp³-hybridized carbons (Fsp3) is 0.724. The van der Waals surface area contributed by atoms with Gasteiger partial charge in [-0.05, 0) is 84.2 Å². The van der Waals surface area contributed by atoms with Gasteiger partial charge in [0.05, 0.1) is 17.9 Å². The van der Waals surface area contributed by atoms with Gasteiger partial charge in [0.1, 0.15) is 18.0 Å². The molecular weight excluding hydrogens is 474 g/mol. The maximum Gasteiger partial charge on any atom is 0.312 e. The van der Waals surface area contributed by atoms with E-state index in [4.69, 9.17) is 14.2 Å². The summed E-state index contributed by atoms with van der Waals surface area (Å²) in [7, 11) is 0. The van der Waals surface area contributed by atoms with Crippen LogP contribution < -0.4 is 10.1 Å². The molecule has 1 atom stereocenters. The number of unbranched alkanes of at least 4 members (excludes halogenated alkanes) is 2. The molecule has 6 nitrogen and oxygen atoms in total. The number of hydrogen-bond acceptors (Lipinski definition) is 7. The van der Waals surface area contributed by atoms with E-state index in [1.807, 2.05) is 63.7 Å². The van der Waals surface area contributed by atoms with Crippen molar-refractivity contribution >= 4 is 23.7 Å². The van der Waals surface area contributed by atoms with Crippen molar-refractivity contribution < 1.29 is 23.8 Å². The lowest BCUT2D eigenvalue weighted by Gasteiger charge is -2.37. The van der Waals surface area contributed by atoms with Gasteiger partial charge in [-0.1, -0.05) is 38.5 Å². The van der Waals surface area contributed by atoms with Crippen LogP contribution in [0.25, 0.3) is 0 Å². The summed E-state index contributed by atoms with van der Waals surface area (Å²) in [4.78, 5) is 25.4. The molecule has 0 spiro atoms. The molecule has 1 aliphatic rings. The summed E-state index contributed by atoms with van der Waals surface area (Å²) >= 11 is 1.81. The summed E-state index contributed by atoms with van der Waals surface area (Å²) in [6.45, 7) is 12.3. The number of nitrogens with one attached hydrogen (secondary N) is 1. The third-order valence-corrected chi connectivity index (χ3v) is 7.77. The lowest BCUT2D eigenvalue weighted by atomic mass is 9.75. The lowest BCUT2D eigenvalue weighted by Crippen LogP contribution is -2.45. The zero-order valence-electron chi connectivity index (χ0n) is 23.0. The average Bonchev–Trinajstić information content (AvgIpc) is 2.85. The first-order valence-electron chi connectivity index (χ1n) is 13.6. The molecule has 1 fully saturated rings. The largest absolute Gasteiger partial charge is 0.493 e. The summed E-state index contributed by atoms with van der Waals surface area (Å²) < 4.78 is 17.4. The van der Waals surface area contributed by atoms with Gasteiger partial charge in [0.2, 0.25) is 0 Å². The van der Waals surface area contributed by atoms with Crippen molar-refractivity contribution in [2.75, 3.05) is 31.2 Å². The van der Waals surface area contributed by atoms with Gasteiger partial charge in [-0.15, -0.1) is 0 Å². The highest BCUT2D eigenvalue weighted by Crippen LogP contribution is 2.37. The van der Waals surface area contributed by atoms with Crippen LogP contribution in [0.2, 0.25) is 0 Å². The van der Waals surface area contributed by atoms with Gasteiger partial charge in [-0.25, -0.2) is 0 Å². The van der Waals surface area contributed by atoms with Crippen LogP contribution in [0.15, 0.2) is 24.3 Å². The van der Waals surface area contributed by atoms with E-state index >= 15 is 0 Å². The summed E-state index contributed by atoms with van der Waals surface area (Å²) in [6, 6.07) is 7.72. The minimum Gasteiger partial charge on any atom is -0.493 e. The van der Waals surface area contributed by atoms with Crippen molar-refractivity contribution in [2.24, 2.45) is 11.3 Å². The van der Waals surface area contributed by atoms with Crippen molar-refractivity contribution in [2.45, 2.75) is 91.8 Å². The molecule has 204 valence electrons. The second-order valence-electron chi connectivity index (χ2n) is 10.9. The predicted molar refractivity (Wildman–Crippen MR) is 147 cm³/mol. The van der Waals surface area contributed by atoms with E-state index in [9.17, 15) is 9.59 Å². The number of piperidine rings is 1. The molecule has 1 aliphatic heterocycles. The van der Waals surface area contributed by atoms with Gasteiger partial charge < -0.3 is 19.5 Å². The molecule has 1 unspecified atom stereocenters. The summed E-state index contributed by atoms with van der Waals surface area (Å²) in [6.07, 6.45) is 6.52. The van der Waals surface area contributed by atoms with Crippen molar-refractivity contribution in [1.82, 2.24) is 5.32 Å². The maximum atomic E-state index is 13.0. The van der Waals surface area contributed by atoms with E-state index in [1.54, 1.807) is 0 Å². The Morgan fingerprint density at radius 3 is 2.53 bits per heavy atom. The van der Waals surface area contributed by atoms with Crippen molar-refractivity contribution in [3.05, 3.63) is 29.8 Å². The van der Waals surface area contributed by atoms with Gasteiger partial charge in [-0.3, -0.25) is 9.59 Å². The van der Waals surface area contributed by atoms with Gasteiger partial charge in [0.25, 0.3) is 0 Å². The number of thioether (sulfide) groups is 1. The number of carbonyl (C=O) groups is 2. The molecule has 1 aromatic rings. The normalized spacial score (nSPS) is 16.2. The fourth-order valence-electron chi connectivity index (χ4n) is 4.23. The Kier molecular flexibility index (Phi) is 13.1. The molecule has 7 heteroatoms. The number of benzene rings is 1. The highest BCUT2D eigenvalue weighted by Gasteiger charge is 2.41. The number of para-hydroxylation sites is 1. The van der Waals surface area contributed by atoms with E-state index in [0.717, 1.165) is 68.0 Å². The van der Waals surface area contributed by atoms with E-state index in [2.05, 4.69) is 12.2 Å². The van der Waals surface area contributed by atoms with Crippen molar-refractivity contribution in [1.29, 1.82) is 0 Å². The van der Waals surface area contributed by atoms with Crippen molar-refractivity contribution in [3.63, 3.8) is 0 Å². The third-order valence-electron chi connectivity index (χ3n) is 6.45. The highest BCUT2D eigenvalue weighted by atomic mass is 32.2. The van der Waals surface area contributed by atoms with Crippen LogP contribution in [-0.2, 0) is 25.7 Å². The molecule has 2 rings (SSSR count). The first kappa shape index (κ1) is 30.5. The van der Waals surface area contributed by atoms with Gasteiger partial charge in [0.15, 0.2) is 0 Å². The summed E-state index contributed by atoms with van der Waals surface area (Å²) in [5, 5.41) is 3.36. The van der Waals surface area contributed by atoms with Crippen molar-refractivity contribution in [3.8, 4) is 5.75 Å². The monoisotopic (exact) mass is 521 g/mol. The standard InChI is InChI=1S/C29H47NO5S/c1-6-7-20-36-22-23(2)26(31)34-21-24-12-8-9-13-25(24)33-19-11-10-14-29(15-17-30-18-16-29)27(32)35-28(3,4)5/h8-9,12-13,23,30H,6-7,10-11,14-22H2,1-5H3. The number of hydrogen-bond donors (Lipinski definition) is 1. The first-order valence-corrected chi connectivity index (χ1v) is 14.7. The Morgan fingerprint density at radius 1 is 1.11 bits per heavy atom. The zero-order chi connectivity index (χ0) is 26.4. The van der Waals surface area contributed by atoms with Crippen LogP contribution in [0.1, 0.15) is 85.1 Å². The minimum absolute atomic E-state index is 0.0671. The highest BCUT2D eigenvalue weighted by molar-refractivity contribution is 7.99. The minimum atomic E-state index is -0.475. The third kappa shape index (κ3) is 10.7. The van der Waals surface area contributed by atoms with E-state index in [-0.39, 0.29) is 24.5 Å². The smallest absolute Gasteiger partial charge is 0.312 e. The molecule has 36 heavy (non-hydrogen) atoms. The molecule has 1 N–H and O–H groups in total. The van der Waals surface area contributed by atoms with Gasteiger partial charge in [-0.2, -0.15) is 11.8 Å². The van der Waals surface area contributed by atoms with Crippen LogP contribution in [0.5, 0.6) is 5.75 Å².